The summed E-state index contributed by atoms with van der Waals surface area (Å²) in [5.74, 6) is 0.703. The molecule has 2 aromatic carbocycles. The summed E-state index contributed by atoms with van der Waals surface area (Å²) in [7, 11) is 1.66. The highest BCUT2D eigenvalue weighted by Crippen LogP contribution is 2.27. The fraction of sp³-hybridized carbons (Fsp3) is 0.391. The minimum Gasteiger partial charge on any atom is -0.497 e. The number of nitrogens with zero attached hydrogens (tertiary/aromatic N) is 4. The number of anilines is 2. The molecule has 158 valence electrons. The Balaban J connectivity index is 1.38. The molecule has 1 atom stereocenters. The van der Waals surface area contributed by atoms with Gasteiger partial charge in [-0.2, -0.15) is 0 Å². The van der Waals surface area contributed by atoms with Crippen molar-refractivity contribution in [1.29, 1.82) is 0 Å². The summed E-state index contributed by atoms with van der Waals surface area (Å²) < 4.78 is 5.22. The SMILES string of the molecule is COc1ccc(N2CCN(CN3C(=O)[C@@H](C)N(c4ccc(C)cc4)C3=O)CC2)cc1. The van der Waals surface area contributed by atoms with Gasteiger partial charge in [0.2, 0.25) is 0 Å². The molecule has 0 saturated carbocycles. The van der Waals surface area contributed by atoms with Gasteiger partial charge in [0, 0.05) is 37.6 Å². The molecular formula is C23H28N4O3. The Labute approximate surface area is 177 Å². The van der Waals surface area contributed by atoms with Crippen LogP contribution in [0.25, 0.3) is 0 Å². The van der Waals surface area contributed by atoms with E-state index < -0.39 is 6.04 Å². The molecule has 2 saturated heterocycles. The minimum absolute atomic E-state index is 0.141. The number of piperazine rings is 1. The number of benzene rings is 2. The number of rotatable bonds is 5. The monoisotopic (exact) mass is 408 g/mol. The molecule has 0 N–H and O–H groups in total. The van der Waals surface area contributed by atoms with Crippen molar-refractivity contribution in [3.05, 3.63) is 54.1 Å². The first-order valence-corrected chi connectivity index (χ1v) is 10.3. The zero-order chi connectivity index (χ0) is 21.3. The molecule has 2 fully saturated rings. The number of amides is 3. The summed E-state index contributed by atoms with van der Waals surface area (Å²) in [5, 5.41) is 0. The highest BCUT2D eigenvalue weighted by Gasteiger charge is 2.44. The quantitative estimate of drug-likeness (QED) is 0.712. The lowest BCUT2D eigenvalue weighted by molar-refractivity contribution is -0.128. The Morgan fingerprint density at radius 1 is 0.900 bits per heavy atom. The van der Waals surface area contributed by atoms with E-state index in [-0.39, 0.29) is 11.9 Å². The van der Waals surface area contributed by atoms with Gasteiger partial charge < -0.3 is 9.64 Å². The van der Waals surface area contributed by atoms with Gasteiger partial charge in [0.15, 0.2) is 0 Å². The predicted octanol–water partition coefficient (Wildman–Crippen LogP) is 2.94. The van der Waals surface area contributed by atoms with Crippen LogP contribution in [0, 0.1) is 6.92 Å². The molecule has 2 heterocycles. The molecule has 3 amide bonds. The number of carbonyl (C=O) groups is 2. The van der Waals surface area contributed by atoms with Gasteiger partial charge in [-0.1, -0.05) is 17.7 Å². The largest absolute Gasteiger partial charge is 0.497 e. The average Bonchev–Trinajstić information content (AvgIpc) is 2.98. The summed E-state index contributed by atoms with van der Waals surface area (Å²) in [4.78, 5) is 33.3. The Bertz CT molecular complexity index is 905. The van der Waals surface area contributed by atoms with Crippen LogP contribution in [-0.4, -0.2) is 67.7 Å². The highest BCUT2D eigenvalue weighted by atomic mass is 16.5. The van der Waals surface area contributed by atoms with Crippen molar-refractivity contribution >= 4 is 23.3 Å². The molecule has 2 aliphatic rings. The number of ether oxygens (including phenoxy) is 1. The molecule has 2 aliphatic heterocycles. The molecule has 7 nitrogen and oxygen atoms in total. The molecule has 0 bridgehead atoms. The maximum absolute atomic E-state index is 13.0. The van der Waals surface area contributed by atoms with Gasteiger partial charge in [0.1, 0.15) is 11.8 Å². The van der Waals surface area contributed by atoms with E-state index in [4.69, 9.17) is 4.74 Å². The van der Waals surface area contributed by atoms with Crippen molar-refractivity contribution in [1.82, 2.24) is 9.80 Å². The van der Waals surface area contributed by atoms with Crippen LogP contribution in [-0.2, 0) is 4.79 Å². The molecule has 4 rings (SSSR count). The Morgan fingerprint density at radius 3 is 2.10 bits per heavy atom. The number of aryl methyl sites for hydroxylation is 1. The summed E-state index contributed by atoms with van der Waals surface area (Å²) in [6.07, 6.45) is 0. The van der Waals surface area contributed by atoms with Gasteiger partial charge in [-0.05, 0) is 50.2 Å². The summed E-state index contributed by atoms with van der Waals surface area (Å²) in [6.45, 7) is 7.41. The normalized spacial score (nSPS) is 20.2. The first kappa shape index (κ1) is 20.2. The van der Waals surface area contributed by atoms with Crippen molar-refractivity contribution in [3.8, 4) is 5.75 Å². The van der Waals surface area contributed by atoms with Crippen molar-refractivity contribution in [3.63, 3.8) is 0 Å². The number of hydrogen-bond acceptors (Lipinski definition) is 5. The second kappa shape index (κ2) is 8.36. The second-order valence-corrected chi connectivity index (χ2v) is 7.87. The van der Waals surface area contributed by atoms with E-state index in [1.165, 1.54) is 4.90 Å². The topological polar surface area (TPSA) is 56.3 Å². The smallest absolute Gasteiger partial charge is 0.333 e. The zero-order valence-electron chi connectivity index (χ0n) is 17.7. The predicted molar refractivity (Wildman–Crippen MR) is 117 cm³/mol. The van der Waals surface area contributed by atoms with E-state index in [1.54, 1.807) is 18.9 Å². The number of urea groups is 1. The van der Waals surface area contributed by atoms with E-state index in [0.29, 0.717) is 6.67 Å². The van der Waals surface area contributed by atoms with Crippen LogP contribution in [0.5, 0.6) is 5.75 Å². The first-order chi connectivity index (χ1) is 14.5. The maximum atomic E-state index is 13.0. The third-order valence-electron chi connectivity index (χ3n) is 5.91. The summed E-state index contributed by atoms with van der Waals surface area (Å²) in [5.41, 5.74) is 3.04. The van der Waals surface area contributed by atoms with Gasteiger partial charge in [-0.25, -0.2) is 9.69 Å². The van der Waals surface area contributed by atoms with Crippen molar-refractivity contribution in [2.24, 2.45) is 0 Å². The van der Waals surface area contributed by atoms with Crippen LogP contribution in [0.1, 0.15) is 12.5 Å². The fourth-order valence-electron chi connectivity index (χ4n) is 4.04. The molecule has 0 aromatic heterocycles. The molecule has 0 spiro atoms. The minimum atomic E-state index is -0.485. The van der Waals surface area contributed by atoms with E-state index in [0.717, 1.165) is 48.9 Å². The van der Waals surface area contributed by atoms with Crippen LogP contribution >= 0.6 is 0 Å². The third kappa shape index (κ3) is 3.85. The molecule has 7 heteroatoms. The van der Waals surface area contributed by atoms with E-state index >= 15 is 0 Å². The molecule has 0 radical (unpaired) electrons. The second-order valence-electron chi connectivity index (χ2n) is 7.87. The van der Waals surface area contributed by atoms with E-state index in [2.05, 4.69) is 21.9 Å². The molecular weight excluding hydrogens is 380 g/mol. The number of methoxy groups -OCH3 is 1. The molecule has 30 heavy (non-hydrogen) atoms. The number of hydrogen-bond donors (Lipinski definition) is 0. The molecule has 0 unspecified atom stereocenters. The Hall–Kier alpha value is -3.06. The summed E-state index contributed by atoms with van der Waals surface area (Å²) in [6, 6.07) is 15.0. The first-order valence-electron chi connectivity index (χ1n) is 10.3. The molecule has 0 aliphatic carbocycles. The summed E-state index contributed by atoms with van der Waals surface area (Å²) >= 11 is 0. The third-order valence-corrected chi connectivity index (χ3v) is 5.91. The van der Waals surface area contributed by atoms with Gasteiger partial charge in [0.05, 0.1) is 13.8 Å². The zero-order valence-corrected chi connectivity index (χ0v) is 17.7. The number of imide groups is 1. The average molecular weight is 409 g/mol. The van der Waals surface area contributed by atoms with Gasteiger partial charge in [-0.3, -0.25) is 14.6 Å². The maximum Gasteiger partial charge on any atom is 0.333 e. The standard InChI is InChI=1S/C23H28N4O3/c1-17-4-6-20(7-5-17)27-18(2)22(28)26(23(27)29)16-24-12-14-25(15-13-24)19-8-10-21(30-3)11-9-19/h4-11,18H,12-16H2,1-3H3/t18-/m1/s1. The van der Waals surface area contributed by atoms with E-state index in [9.17, 15) is 9.59 Å². The van der Waals surface area contributed by atoms with E-state index in [1.807, 2.05) is 43.3 Å². The lowest BCUT2D eigenvalue weighted by atomic mass is 10.2. The lowest BCUT2D eigenvalue weighted by Crippen LogP contribution is -2.51. The Kier molecular flexibility index (Phi) is 5.63. The van der Waals surface area contributed by atoms with Gasteiger partial charge >= 0.3 is 6.03 Å². The van der Waals surface area contributed by atoms with Crippen LogP contribution in [0.3, 0.4) is 0 Å². The van der Waals surface area contributed by atoms with Crippen molar-refractivity contribution in [2.45, 2.75) is 19.9 Å². The highest BCUT2D eigenvalue weighted by molar-refractivity contribution is 6.14. The molecule has 2 aromatic rings. The lowest BCUT2D eigenvalue weighted by Gasteiger charge is -2.37. The van der Waals surface area contributed by atoms with Crippen molar-refractivity contribution in [2.75, 3.05) is 49.8 Å². The van der Waals surface area contributed by atoms with Crippen LogP contribution in [0.15, 0.2) is 48.5 Å². The Morgan fingerprint density at radius 2 is 1.50 bits per heavy atom. The van der Waals surface area contributed by atoms with Crippen LogP contribution in [0.4, 0.5) is 16.2 Å². The van der Waals surface area contributed by atoms with Crippen LogP contribution < -0.4 is 14.5 Å². The van der Waals surface area contributed by atoms with Gasteiger partial charge in [0.25, 0.3) is 5.91 Å². The number of carbonyl (C=O) groups excluding carboxylic acids is 2. The van der Waals surface area contributed by atoms with Crippen LogP contribution in [0.2, 0.25) is 0 Å². The van der Waals surface area contributed by atoms with Gasteiger partial charge in [-0.15, -0.1) is 0 Å². The van der Waals surface area contributed by atoms with Crippen molar-refractivity contribution < 1.29 is 14.3 Å². The fourth-order valence-corrected chi connectivity index (χ4v) is 4.04.